The van der Waals surface area contributed by atoms with Gasteiger partial charge in [0.2, 0.25) is 0 Å². The molecular formula is C16H22N6O. The molecule has 1 amide bonds. The van der Waals surface area contributed by atoms with E-state index < -0.39 is 0 Å². The minimum Gasteiger partial charge on any atom is -0.393 e. The van der Waals surface area contributed by atoms with Crippen LogP contribution < -0.4 is 21.9 Å². The Morgan fingerprint density at radius 1 is 1.22 bits per heavy atom. The van der Waals surface area contributed by atoms with Crippen LogP contribution in [-0.4, -0.2) is 21.9 Å². The highest BCUT2D eigenvalue weighted by Gasteiger charge is 2.11. The molecule has 5 N–H and O–H groups in total. The predicted octanol–water partition coefficient (Wildman–Crippen LogP) is 2.33. The van der Waals surface area contributed by atoms with Crippen LogP contribution in [0.15, 0.2) is 30.6 Å². The third-order valence-corrected chi connectivity index (χ3v) is 3.49. The minimum absolute atomic E-state index is 0.238. The van der Waals surface area contributed by atoms with Gasteiger partial charge in [-0.05, 0) is 32.4 Å². The Balaban J connectivity index is 2.04. The molecule has 122 valence electrons. The molecule has 0 aliphatic rings. The fourth-order valence-electron chi connectivity index (χ4n) is 1.84. The molecule has 1 atom stereocenters. The molecule has 0 aliphatic heterocycles. The van der Waals surface area contributed by atoms with Crippen molar-refractivity contribution in [1.29, 1.82) is 0 Å². The molecule has 0 aliphatic carbocycles. The number of anilines is 3. The molecule has 1 aromatic heterocycles. The zero-order valence-corrected chi connectivity index (χ0v) is 13.6. The molecule has 1 unspecified atom stereocenters. The van der Waals surface area contributed by atoms with Crippen LogP contribution in [0.3, 0.4) is 0 Å². The lowest BCUT2D eigenvalue weighted by molar-refractivity contribution is 0.0962. The van der Waals surface area contributed by atoms with Gasteiger partial charge in [0.1, 0.15) is 12.0 Å². The Morgan fingerprint density at radius 3 is 2.52 bits per heavy atom. The van der Waals surface area contributed by atoms with Gasteiger partial charge < -0.3 is 11.1 Å². The van der Waals surface area contributed by atoms with Gasteiger partial charge in [-0.25, -0.2) is 9.97 Å². The number of nitrogens with one attached hydrogen (secondary N) is 3. The lowest BCUT2D eigenvalue weighted by Gasteiger charge is -2.16. The average molecular weight is 314 g/mol. The average Bonchev–Trinajstić information content (AvgIpc) is 2.55. The number of aromatic nitrogens is 2. The highest BCUT2D eigenvalue weighted by molar-refractivity contribution is 5.95. The smallest absolute Gasteiger partial charge is 0.269 e. The molecule has 1 aromatic carbocycles. The summed E-state index contributed by atoms with van der Waals surface area (Å²) in [6, 6.07) is 7.50. The number of amides is 1. The highest BCUT2D eigenvalue weighted by atomic mass is 16.2. The van der Waals surface area contributed by atoms with Crippen LogP contribution in [-0.2, 0) is 0 Å². The van der Waals surface area contributed by atoms with Crippen LogP contribution in [0.1, 0.15) is 36.2 Å². The lowest BCUT2D eigenvalue weighted by atomic mass is 10.1. The maximum atomic E-state index is 12.1. The zero-order valence-electron chi connectivity index (χ0n) is 13.6. The Bertz CT molecular complexity index is 671. The van der Waals surface area contributed by atoms with E-state index in [1.54, 1.807) is 12.1 Å². The summed E-state index contributed by atoms with van der Waals surface area (Å²) < 4.78 is 0. The molecule has 0 saturated carbocycles. The van der Waals surface area contributed by atoms with E-state index in [4.69, 9.17) is 5.73 Å². The number of nitrogen functional groups attached to an aromatic ring is 1. The Hall–Kier alpha value is -2.83. The monoisotopic (exact) mass is 314 g/mol. The normalized spacial score (nSPS) is 11.6. The van der Waals surface area contributed by atoms with Crippen LogP contribution >= 0.6 is 0 Å². The van der Waals surface area contributed by atoms with Crippen molar-refractivity contribution in [3.63, 3.8) is 0 Å². The van der Waals surface area contributed by atoms with Crippen molar-refractivity contribution < 1.29 is 4.79 Å². The first-order valence-electron chi connectivity index (χ1n) is 7.51. The second-order valence-corrected chi connectivity index (χ2v) is 5.38. The second kappa shape index (κ2) is 7.44. The van der Waals surface area contributed by atoms with Gasteiger partial charge in [-0.2, -0.15) is 0 Å². The minimum atomic E-state index is -0.264. The van der Waals surface area contributed by atoms with E-state index in [1.807, 2.05) is 26.0 Å². The van der Waals surface area contributed by atoms with Crippen LogP contribution in [0.25, 0.3) is 0 Å². The summed E-state index contributed by atoms with van der Waals surface area (Å²) in [6.45, 7) is 6.07. The maximum absolute atomic E-state index is 12.1. The summed E-state index contributed by atoms with van der Waals surface area (Å²) in [4.78, 5) is 20.2. The highest BCUT2D eigenvalue weighted by Crippen LogP contribution is 2.22. The summed E-state index contributed by atoms with van der Waals surface area (Å²) in [7, 11) is 0. The SMILES string of the molecule is CCC(C)Nc1ncnc(NNC(=O)c2ccc(C)cc2)c1N. The number of nitrogens with two attached hydrogens (primary N) is 1. The number of carbonyl (C=O) groups excluding carboxylic acids is 1. The van der Waals surface area contributed by atoms with Crippen molar-refractivity contribution >= 4 is 23.2 Å². The van der Waals surface area contributed by atoms with Gasteiger partial charge in [0.25, 0.3) is 5.91 Å². The fraction of sp³-hybridized carbons (Fsp3) is 0.312. The summed E-state index contributed by atoms with van der Waals surface area (Å²) in [5.74, 6) is 0.632. The molecule has 2 rings (SSSR count). The number of benzene rings is 1. The molecule has 7 nitrogen and oxygen atoms in total. The largest absolute Gasteiger partial charge is 0.393 e. The van der Waals surface area contributed by atoms with Gasteiger partial charge >= 0.3 is 0 Å². The molecule has 7 heteroatoms. The number of hydrogen-bond donors (Lipinski definition) is 4. The fourth-order valence-corrected chi connectivity index (χ4v) is 1.84. The van der Waals surface area contributed by atoms with Gasteiger partial charge in [-0.3, -0.25) is 15.6 Å². The standard InChI is InChI=1S/C16H22N6O/c1-4-11(3)20-14-13(17)15(19-9-18-14)21-22-16(23)12-7-5-10(2)6-8-12/h5-9,11H,4,17H2,1-3H3,(H,22,23)(H2,18,19,20,21). The number of rotatable bonds is 6. The summed E-state index contributed by atoms with van der Waals surface area (Å²) in [5.41, 5.74) is 13.4. The van der Waals surface area contributed by atoms with E-state index in [1.165, 1.54) is 6.33 Å². The number of carbonyl (C=O) groups is 1. The first kappa shape index (κ1) is 16.5. The van der Waals surface area contributed by atoms with E-state index in [2.05, 4.69) is 33.1 Å². The molecule has 2 aromatic rings. The van der Waals surface area contributed by atoms with Crippen molar-refractivity contribution in [3.8, 4) is 0 Å². The quantitative estimate of drug-likeness (QED) is 0.610. The summed E-state index contributed by atoms with van der Waals surface area (Å²) >= 11 is 0. The molecule has 1 heterocycles. The second-order valence-electron chi connectivity index (χ2n) is 5.38. The van der Waals surface area contributed by atoms with Gasteiger partial charge in [0, 0.05) is 11.6 Å². The van der Waals surface area contributed by atoms with Crippen molar-refractivity contribution in [2.75, 3.05) is 16.5 Å². The van der Waals surface area contributed by atoms with E-state index in [-0.39, 0.29) is 11.9 Å². The van der Waals surface area contributed by atoms with Crippen molar-refractivity contribution in [2.45, 2.75) is 33.2 Å². The number of hydrogen-bond acceptors (Lipinski definition) is 6. The van der Waals surface area contributed by atoms with E-state index in [0.717, 1.165) is 12.0 Å². The Labute approximate surface area is 135 Å². The van der Waals surface area contributed by atoms with Crippen LogP contribution in [0.5, 0.6) is 0 Å². The zero-order chi connectivity index (χ0) is 16.8. The molecule has 23 heavy (non-hydrogen) atoms. The van der Waals surface area contributed by atoms with Crippen LogP contribution in [0, 0.1) is 6.92 Å². The van der Waals surface area contributed by atoms with E-state index in [9.17, 15) is 4.79 Å². The van der Waals surface area contributed by atoms with Crippen molar-refractivity contribution in [1.82, 2.24) is 15.4 Å². The molecule has 0 spiro atoms. The lowest BCUT2D eigenvalue weighted by Crippen LogP contribution is -2.30. The molecular weight excluding hydrogens is 292 g/mol. The molecule has 0 fully saturated rings. The maximum Gasteiger partial charge on any atom is 0.269 e. The van der Waals surface area contributed by atoms with Crippen LogP contribution in [0.4, 0.5) is 17.3 Å². The first-order chi connectivity index (χ1) is 11.0. The molecule has 0 radical (unpaired) electrons. The molecule has 0 saturated heterocycles. The van der Waals surface area contributed by atoms with E-state index >= 15 is 0 Å². The summed E-state index contributed by atoms with van der Waals surface area (Å²) in [6.07, 6.45) is 2.33. The molecule has 0 bridgehead atoms. The van der Waals surface area contributed by atoms with Gasteiger partial charge in [-0.1, -0.05) is 24.6 Å². The van der Waals surface area contributed by atoms with Crippen LogP contribution in [0.2, 0.25) is 0 Å². The van der Waals surface area contributed by atoms with Gasteiger partial charge in [0.15, 0.2) is 11.6 Å². The van der Waals surface area contributed by atoms with Crippen molar-refractivity contribution in [3.05, 3.63) is 41.7 Å². The number of nitrogens with zero attached hydrogens (tertiary/aromatic N) is 2. The van der Waals surface area contributed by atoms with Gasteiger partial charge in [0.05, 0.1) is 0 Å². The third-order valence-electron chi connectivity index (χ3n) is 3.49. The third kappa shape index (κ3) is 4.32. The number of hydrazine groups is 1. The predicted molar refractivity (Wildman–Crippen MR) is 92.1 cm³/mol. The van der Waals surface area contributed by atoms with E-state index in [0.29, 0.717) is 22.9 Å². The van der Waals surface area contributed by atoms with Crippen molar-refractivity contribution in [2.24, 2.45) is 0 Å². The number of aryl methyl sites for hydroxylation is 1. The Kier molecular flexibility index (Phi) is 5.35. The first-order valence-corrected chi connectivity index (χ1v) is 7.51. The topological polar surface area (TPSA) is 105 Å². The Morgan fingerprint density at radius 2 is 1.87 bits per heavy atom. The summed E-state index contributed by atoms with van der Waals surface area (Å²) in [5, 5.41) is 3.20. The van der Waals surface area contributed by atoms with Gasteiger partial charge in [-0.15, -0.1) is 0 Å².